The summed E-state index contributed by atoms with van der Waals surface area (Å²) in [6, 6.07) is 8.00. The first-order chi connectivity index (χ1) is 11.8. The molecule has 0 spiro atoms. The van der Waals surface area contributed by atoms with E-state index in [9.17, 15) is 0 Å². The maximum atomic E-state index is 6.00. The number of nitrogens with zero attached hydrogens (tertiary/aromatic N) is 3. The van der Waals surface area contributed by atoms with Crippen molar-refractivity contribution in [2.24, 2.45) is 5.73 Å². The first-order valence-electron chi connectivity index (χ1n) is 8.23. The van der Waals surface area contributed by atoms with Crippen LogP contribution in [0.15, 0.2) is 24.3 Å². The van der Waals surface area contributed by atoms with Crippen LogP contribution in [0, 0.1) is 0 Å². The molecule has 8 heteroatoms. The number of nitrogens with one attached hydrogen (secondary N) is 1. The number of nitrogens with two attached hydrogens (primary N) is 1. The molecule has 0 bridgehead atoms. The van der Waals surface area contributed by atoms with E-state index in [-0.39, 0.29) is 11.2 Å². The van der Waals surface area contributed by atoms with E-state index in [2.05, 4.69) is 41.0 Å². The third-order valence-electron chi connectivity index (χ3n) is 3.60. The van der Waals surface area contributed by atoms with Crippen molar-refractivity contribution in [2.75, 3.05) is 11.9 Å². The van der Waals surface area contributed by atoms with Crippen molar-refractivity contribution in [3.05, 3.63) is 35.7 Å². The molecule has 0 unspecified atom stereocenters. The summed E-state index contributed by atoms with van der Waals surface area (Å²) in [6.07, 6.45) is 0. The summed E-state index contributed by atoms with van der Waals surface area (Å²) in [6.45, 7) is 10.7. The molecule has 0 amide bonds. The fourth-order valence-corrected chi connectivity index (χ4v) is 2.39. The smallest absolute Gasteiger partial charge is 0.250 e. The molecule has 2 aromatic rings. The zero-order valence-electron chi connectivity index (χ0n) is 15.6. The second-order valence-electron chi connectivity index (χ2n) is 7.97. The number of halogens is 3. The van der Waals surface area contributed by atoms with E-state index in [0.717, 1.165) is 5.56 Å². The van der Waals surface area contributed by atoms with Crippen molar-refractivity contribution in [3.63, 3.8) is 0 Å². The summed E-state index contributed by atoms with van der Waals surface area (Å²) >= 11 is 18.0. The van der Waals surface area contributed by atoms with Crippen molar-refractivity contribution in [1.82, 2.24) is 15.0 Å². The van der Waals surface area contributed by atoms with E-state index < -0.39 is 9.33 Å². The van der Waals surface area contributed by atoms with Crippen LogP contribution in [-0.2, 0) is 9.21 Å². The summed E-state index contributed by atoms with van der Waals surface area (Å²) in [5, 5.41) is 3.08. The number of aromatic nitrogens is 3. The molecular weight excluding hydrogens is 393 g/mol. The molecule has 0 saturated carbocycles. The Morgan fingerprint density at radius 2 is 1.50 bits per heavy atom. The van der Waals surface area contributed by atoms with Crippen LogP contribution >= 0.6 is 34.8 Å². The standard InChI is InChI=1S/C18H24Cl3N5/c1-16(2,3)12-8-6-11(7-9-12)13-24-14(18(19,20)21)26-15(25-13)23-10-17(4,5)22/h6-9H,10,22H2,1-5H3,(H,23,24,25,26). The average Bonchev–Trinajstić information content (AvgIpc) is 2.50. The molecule has 0 atom stereocenters. The summed E-state index contributed by atoms with van der Waals surface area (Å²) in [4.78, 5) is 13.0. The van der Waals surface area contributed by atoms with Gasteiger partial charge in [0.1, 0.15) is 0 Å². The van der Waals surface area contributed by atoms with Gasteiger partial charge in [-0.3, -0.25) is 0 Å². The Bertz CT molecular complexity index is 756. The van der Waals surface area contributed by atoms with Gasteiger partial charge in [-0.2, -0.15) is 9.97 Å². The number of alkyl halides is 3. The monoisotopic (exact) mass is 415 g/mol. The Morgan fingerprint density at radius 1 is 0.923 bits per heavy atom. The summed E-state index contributed by atoms with van der Waals surface area (Å²) < 4.78 is -1.75. The molecule has 1 aromatic carbocycles. The first kappa shape index (κ1) is 21.2. The minimum absolute atomic E-state index is 0.0553. The van der Waals surface area contributed by atoms with Crippen LogP contribution in [0.5, 0.6) is 0 Å². The summed E-state index contributed by atoms with van der Waals surface area (Å²) in [5.74, 6) is 0.804. The second kappa shape index (κ2) is 7.47. The molecule has 2 rings (SSSR count). The number of hydrogen-bond acceptors (Lipinski definition) is 5. The van der Waals surface area contributed by atoms with Gasteiger partial charge >= 0.3 is 0 Å². The molecule has 0 aliphatic carbocycles. The molecule has 26 heavy (non-hydrogen) atoms. The van der Waals surface area contributed by atoms with E-state index in [1.807, 2.05) is 38.1 Å². The molecular formula is C18H24Cl3N5. The highest BCUT2D eigenvalue weighted by atomic mass is 35.6. The minimum Gasteiger partial charge on any atom is -0.352 e. The first-order valence-corrected chi connectivity index (χ1v) is 9.36. The van der Waals surface area contributed by atoms with Crippen LogP contribution in [0.2, 0.25) is 0 Å². The summed E-state index contributed by atoms with van der Waals surface area (Å²) in [5.41, 5.74) is 7.63. The minimum atomic E-state index is -1.75. The van der Waals surface area contributed by atoms with Crippen molar-refractivity contribution in [2.45, 2.75) is 49.4 Å². The van der Waals surface area contributed by atoms with E-state index in [0.29, 0.717) is 18.3 Å². The number of benzene rings is 1. The Kier molecular flexibility index (Phi) is 6.08. The molecule has 5 nitrogen and oxygen atoms in total. The van der Waals surface area contributed by atoms with Crippen LogP contribution in [0.25, 0.3) is 11.4 Å². The maximum absolute atomic E-state index is 6.00. The molecule has 0 saturated heterocycles. The lowest BCUT2D eigenvalue weighted by Gasteiger charge is -2.20. The molecule has 142 valence electrons. The van der Waals surface area contributed by atoms with Gasteiger partial charge < -0.3 is 11.1 Å². The molecule has 0 aliphatic rings. The van der Waals surface area contributed by atoms with Gasteiger partial charge in [-0.15, -0.1) is 0 Å². The maximum Gasteiger partial charge on any atom is 0.250 e. The predicted octanol–water partition coefficient (Wildman–Crippen LogP) is 4.81. The Balaban J connectivity index is 2.43. The zero-order valence-corrected chi connectivity index (χ0v) is 17.8. The van der Waals surface area contributed by atoms with Crippen LogP contribution in [-0.4, -0.2) is 27.0 Å². The second-order valence-corrected chi connectivity index (χ2v) is 10.3. The predicted molar refractivity (Wildman–Crippen MR) is 110 cm³/mol. The van der Waals surface area contributed by atoms with Gasteiger partial charge in [-0.1, -0.05) is 79.8 Å². The van der Waals surface area contributed by atoms with Crippen molar-refractivity contribution in [1.29, 1.82) is 0 Å². The molecule has 3 N–H and O–H groups in total. The quantitative estimate of drug-likeness (QED) is 0.699. The van der Waals surface area contributed by atoms with Crippen LogP contribution < -0.4 is 11.1 Å². The third-order valence-corrected chi connectivity index (χ3v) is 4.11. The highest BCUT2D eigenvalue weighted by Crippen LogP contribution is 2.37. The fourth-order valence-electron chi connectivity index (χ4n) is 2.14. The average molecular weight is 417 g/mol. The largest absolute Gasteiger partial charge is 0.352 e. The van der Waals surface area contributed by atoms with Crippen molar-refractivity contribution >= 4 is 40.8 Å². The van der Waals surface area contributed by atoms with Crippen LogP contribution in [0.1, 0.15) is 46.0 Å². The SMILES string of the molecule is CC(C)(N)CNc1nc(-c2ccc(C(C)(C)C)cc2)nc(C(Cl)(Cl)Cl)n1. The van der Waals surface area contributed by atoms with Gasteiger partial charge in [0.2, 0.25) is 9.74 Å². The number of hydrogen-bond donors (Lipinski definition) is 2. The molecule has 0 aliphatic heterocycles. The third kappa shape index (κ3) is 5.95. The Labute approximate surface area is 169 Å². The number of rotatable bonds is 4. The van der Waals surface area contributed by atoms with Gasteiger partial charge in [0.25, 0.3) is 0 Å². The summed E-state index contributed by atoms with van der Waals surface area (Å²) in [7, 11) is 0. The highest BCUT2D eigenvalue weighted by molar-refractivity contribution is 6.66. The lowest BCUT2D eigenvalue weighted by atomic mass is 9.87. The fraction of sp³-hybridized carbons (Fsp3) is 0.500. The molecule has 0 fully saturated rings. The van der Waals surface area contributed by atoms with Crippen molar-refractivity contribution < 1.29 is 0 Å². The highest BCUT2D eigenvalue weighted by Gasteiger charge is 2.29. The van der Waals surface area contributed by atoms with Crippen LogP contribution in [0.3, 0.4) is 0 Å². The molecule has 0 radical (unpaired) electrons. The van der Waals surface area contributed by atoms with Gasteiger partial charge in [0, 0.05) is 17.6 Å². The Hall–Kier alpha value is -1.14. The van der Waals surface area contributed by atoms with Gasteiger partial charge in [0.05, 0.1) is 0 Å². The van der Waals surface area contributed by atoms with E-state index in [1.165, 1.54) is 5.56 Å². The normalized spacial score (nSPS) is 13.0. The van der Waals surface area contributed by atoms with Crippen LogP contribution in [0.4, 0.5) is 5.95 Å². The van der Waals surface area contributed by atoms with Gasteiger partial charge in [-0.25, -0.2) is 4.98 Å². The van der Waals surface area contributed by atoms with E-state index >= 15 is 0 Å². The van der Waals surface area contributed by atoms with Gasteiger partial charge in [0.15, 0.2) is 11.6 Å². The van der Waals surface area contributed by atoms with E-state index in [1.54, 1.807) is 0 Å². The Morgan fingerprint density at radius 3 is 1.96 bits per heavy atom. The lowest BCUT2D eigenvalue weighted by molar-refractivity contribution is 0.547. The molecule has 1 aromatic heterocycles. The van der Waals surface area contributed by atoms with Crippen molar-refractivity contribution in [3.8, 4) is 11.4 Å². The zero-order chi connectivity index (χ0) is 19.8. The molecule has 1 heterocycles. The number of anilines is 1. The topological polar surface area (TPSA) is 76.7 Å². The lowest BCUT2D eigenvalue weighted by Crippen LogP contribution is -2.40. The van der Waals surface area contributed by atoms with Gasteiger partial charge in [-0.05, 0) is 24.8 Å². The van der Waals surface area contributed by atoms with E-state index in [4.69, 9.17) is 40.5 Å².